The summed E-state index contributed by atoms with van der Waals surface area (Å²) in [6, 6.07) is 11.6. The summed E-state index contributed by atoms with van der Waals surface area (Å²) in [6.07, 6.45) is 4.12. The van der Waals surface area contributed by atoms with Crippen LogP contribution in [0.2, 0.25) is 5.02 Å². The van der Waals surface area contributed by atoms with E-state index in [1.165, 1.54) is 0 Å². The quantitative estimate of drug-likeness (QED) is 0.257. The predicted octanol–water partition coefficient (Wildman–Crippen LogP) is 5.23. The highest BCUT2D eigenvalue weighted by molar-refractivity contribution is 6.34. The lowest BCUT2D eigenvalue weighted by Crippen LogP contribution is -2.36. The molecule has 3 aliphatic heterocycles. The van der Waals surface area contributed by atoms with Gasteiger partial charge in [0, 0.05) is 102 Å². The molecule has 4 aromatic rings. The van der Waals surface area contributed by atoms with Crippen molar-refractivity contribution >= 4 is 29.0 Å². The van der Waals surface area contributed by atoms with Crippen molar-refractivity contribution in [1.82, 2.24) is 28.9 Å². The summed E-state index contributed by atoms with van der Waals surface area (Å²) in [5.74, 6) is 1.25. The van der Waals surface area contributed by atoms with Gasteiger partial charge in [-0.15, -0.1) is 0 Å². The zero-order valence-corrected chi connectivity index (χ0v) is 29.1. The number of halogens is 1. The summed E-state index contributed by atoms with van der Waals surface area (Å²) in [5, 5.41) is 3.65. The van der Waals surface area contributed by atoms with Gasteiger partial charge < -0.3 is 24.1 Å². The van der Waals surface area contributed by atoms with Crippen LogP contribution in [0.3, 0.4) is 0 Å². The Bertz CT molecular complexity index is 1870. The van der Waals surface area contributed by atoms with Gasteiger partial charge in [0.1, 0.15) is 0 Å². The number of amides is 1. The molecule has 0 atom stereocenters. The number of aromatic nitrogens is 4. The number of fused-ring (bicyclic) bond motifs is 2. The van der Waals surface area contributed by atoms with E-state index in [2.05, 4.69) is 22.2 Å². The number of anilines is 1. The van der Waals surface area contributed by atoms with Crippen molar-refractivity contribution in [3.05, 3.63) is 87.0 Å². The lowest BCUT2D eigenvalue weighted by molar-refractivity contribution is 0.0503. The highest BCUT2D eigenvalue weighted by Crippen LogP contribution is 2.36. The number of benzene rings is 2. The largest absolute Gasteiger partial charge is 0.381 e. The van der Waals surface area contributed by atoms with Gasteiger partial charge in [-0.3, -0.25) is 14.5 Å². The SMILES string of the molecule is Cc1c(NC(=O)c2nc3c(n2C)CCN(CC2CCOCC2)C3)cccc1-c1cccc(CC(=O)c2nc3c(n2C)CCN(C)C3)c1Cl. The standard InChI is InChI=1S/C37H44ClN7O3/c1-23-26(27-9-5-7-25(34(27)38)19-33(46)35-39-29-21-42(2)15-11-31(29)43(35)3)8-6-10-28(23)41-37(47)36-40-30-22-45(16-12-32(30)44(36)4)20-24-13-17-48-18-14-24/h5-10,24H,11-22H2,1-4H3,(H,41,47). The molecule has 3 aliphatic rings. The smallest absolute Gasteiger partial charge is 0.291 e. The number of imidazole rings is 2. The molecule has 1 fully saturated rings. The molecule has 7 rings (SSSR count). The van der Waals surface area contributed by atoms with Crippen LogP contribution in [0.1, 0.15) is 68.0 Å². The van der Waals surface area contributed by atoms with E-state index in [4.69, 9.17) is 26.3 Å². The molecule has 0 unspecified atom stereocenters. The first-order valence-corrected chi connectivity index (χ1v) is 17.3. The third-order valence-corrected chi connectivity index (χ3v) is 10.8. The predicted molar refractivity (Wildman–Crippen MR) is 187 cm³/mol. The van der Waals surface area contributed by atoms with Crippen molar-refractivity contribution in [3.8, 4) is 11.1 Å². The molecule has 2 aromatic carbocycles. The molecule has 2 aromatic heterocycles. The first-order chi connectivity index (χ1) is 23.2. The van der Waals surface area contributed by atoms with Crippen molar-refractivity contribution in [1.29, 1.82) is 0 Å². The number of nitrogens with one attached hydrogen (secondary N) is 1. The Balaban J connectivity index is 1.07. The number of ketones is 1. The maximum atomic E-state index is 13.7. The van der Waals surface area contributed by atoms with E-state index in [1.807, 2.05) is 66.6 Å². The van der Waals surface area contributed by atoms with Crippen molar-refractivity contribution in [2.75, 3.05) is 45.2 Å². The maximum absolute atomic E-state index is 13.7. The molecule has 0 aliphatic carbocycles. The molecular formula is C37H44ClN7O3. The van der Waals surface area contributed by atoms with Crippen LogP contribution in [0.5, 0.6) is 0 Å². The highest BCUT2D eigenvalue weighted by atomic mass is 35.5. The third kappa shape index (κ3) is 6.34. The van der Waals surface area contributed by atoms with Crippen LogP contribution in [-0.2, 0) is 51.2 Å². The molecular weight excluding hydrogens is 626 g/mol. The van der Waals surface area contributed by atoms with Gasteiger partial charge >= 0.3 is 0 Å². The van der Waals surface area contributed by atoms with Gasteiger partial charge in [-0.05, 0) is 55.5 Å². The number of likely N-dealkylation sites (N-methyl/N-ethyl adjacent to an activating group) is 1. The minimum absolute atomic E-state index is 0.0594. The maximum Gasteiger partial charge on any atom is 0.291 e. The molecule has 1 saturated heterocycles. The fourth-order valence-electron chi connectivity index (χ4n) is 7.56. The molecule has 0 saturated carbocycles. The second kappa shape index (κ2) is 13.6. The minimum atomic E-state index is -0.238. The molecule has 0 spiro atoms. The van der Waals surface area contributed by atoms with Crippen LogP contribution in [0.4, 0.5) is 5.69 Å². The number of hydrogen-bond acceptors (Lipinski definition) is 7. The average molecular weight is 670 g/mol. The van der Waals surface area contributed by atoms with E-state index in [1.54, 1.807) is 0 Å². The van der Waals surface area contributed by atoms with Crippen molar-refractivity contribution < 1.29 is 14.3 Å². The van der Waals surface area contributed by atoms with Gasteiger partial charge in [-0.1, -0.05) is 41.9 Å². The number of rotatable bonds is 8. The minimum Gasteiger partial charge on any atom is -0.381 e. The van der Waals surface area contributed by atoms with E-state index in [0.717, 1.165) is 117 Å². The molecule has 10 nitrogen and oxygen atoms in total. The zero-order chi connectivity index (χ0) is 33.5. The number of carbonyl (C=O) groups excluding carboxylic acids is 2. The normalized spacial score (nSPS) is 17.3. The first kappa shape index (κ1) is 32.7. The van der Waals surface area contributed by atoms with Gasteiger partial charge in [0.05, 0.1) is 16.4 Å². The first-order valence-electron chi connectivity index (χ1n) is 17.0. The van der Waals surface area contributed by atoms with Gasteiger partial charge in [0.25, 0.3) is 5.91 Å². The average Bonchev–Trinajstić information content (AvgIpc) is 3.59. The van der Waals surface area contributed by atoms with Crippen LogP contribution in [0, 0.1) is 12.8 Å². The molecule has 0 radical (unpaired) electrons. The number of hydrogen-bond donors (Lipinski definition) is 1. The summed E-state index contributed by atoms with van der Waals surface area (Å²) < 4.78 is 9.43. The number of nitrogens with zero attached hydrogens (tertiary/aromatic N) is 6. The fourth-order valence-corrected chi connectivity index (χ4v) is 7.86. The summed E-state index contributed by atoms with van der Waals surface area (Å²) in [5.41, 5.74) is 8.26. The van der Waals surface area contributed by atoms with E-state index < -0.39 is 0 Å². The number of carbonyl (C=O) groups is 2. The van der Waals surface area contributed by atoms with E-state index in [9.17, 15) is 9.59 Å². The summed E-state index contributed by atoms with van der Waals surface area (Å²) in [6.45, 7) is 8.16. The Morgan fingerprint density at radius 1 is 0.896 bits per heavy atom. The van der Waals surface area contributed by atoms with Gasteiger partial charge in [0.15, 0.2) is 11.6 Å². The second-order valence-electron chi connectivity index (χ2n) is 13.6. The number of Topliss-reactive ketones (excluding diaryl/α,β-unsaturated/α-hetero) is 1. The van der Waals surface area contributed by atoms with Crippen molar-refractivity contribution in [2.45, 2.75) is 52.1 Å². The van der Waals surface area contributed by atoms with Crippen molar-refractivity contribution in [2.24, 2.45) is 20.0 Å². The van der Waals surface area contributed by atoms with Crippen LogP contribution < -0.4 is 5.32 Å². The Labute approximate surface area is 287 Å². The summed E-state index contributed by atoms with van der Waals surface area (Å²) >= 11 is 7.02. The van der Waals surface area contributed by atoms with Gasteiger partial charge in [0.2, 0.25) is 5.78 Å². The lowest BCUT2D eigenvalue weighted by atomic mass is 9.96. The third-order valence-electron chi connectivity index (χ3n) is 10.4. The topological polar surface area (TPSA) is 97.5 Å². The highest BCUT2D eigenvalue weighted by Gasteiger charge is 2.28. The monoisotopic (exact) mass is 669 g/mol. The van der Waals surface area contributed by atoms with Gasteiger partial charge in [-0.25, -0.2) is 9.97 Å². The second-order valence-corrected chi connectivity index (χ2v) is 14.0. The summed E-state index contributed by atoms with van der Waals surface area (Å²) in [7, 11) is 5.93. The van der Waals surface area contributed by atoms with Crippen LogP contribution in [0.15, 0.2) is 36.4 Å². The molecule has 11 heteroatoms. The van der Waals surface area contributed by atoms with Crippen LogP contribution in [0.25, 0.3) is 11.1 Å². The Kier molecular flexibility index (Phi) is 9.26. The molecule has 252 valence electrons. The Morgan fingerprint density at radius 2 is 1.56 bits per heavy atom. The van der Waals surface area contributed by atoms with Crippen molar-refractivity contribution in [3.63, 3.8) is 0 Å². The fraction of sp³-hybridized carbons (Fsp3) is 0.459. The molecule has 48 heavy (non-hydrogen) atoms. The summed E-state index contributed by atoms with van der Waals surface area (Å²) in [4.78, 5) is 41.4. The van der Waals surface area contributed by atoms with E-state index in [0.29, 0.717) is 28.3 Å². The molecule has 5 heterocycles. The Morgan fingerprint density at radius 3 is 2.35 bits per heavy atom. The molecule has 0 bridgehead atoms. The number of ether oxygens (including phenoxy) is 1. The molecule has 1 amide bonds. The van der Waals surface area contributed by atoms with E-state index in [-0.39, 0.29) is 18.1 Å². The molecule has 1 N–H and O–H groups in total. The van der Waals surface area contributed by atoms with Crippen LogP contribution >= 0.6 is 11.6 Å². The van der Waals surface area contributed by atoms with E-state index >= 15 is 0 Å². The Hall–Kier alpha value is -3.83. The van der Waals surface area contributed by atoms with Crippen LogP contribution in [-0.4, -0.2) is 80.5 Å². The van der Waals surface area contributed by atoms with Gasteiger partial charge in [-0.2, -0.15) is 0 Å². The lowest BCUT2D eigenvalue weighted by Gasteiger charge is -2.31. The zero-order valence-electron chi connectivity index (χ0n) is 28.3.